The smallest absolute Gasteiger partial charge is 0.248 e. The van der Waals surface area contributed by atoms with E-state index in [9.17, 15) is 14.4 Å². The van der Waals surface area contributed by atoms with Crippen molar-refractivity contribution in [2.24, 2.45) is 5.73 Å². The number of nitrogens with two attached hydrogens (primary N) is 1. The van der Waals surface area contributed by atoms with Crippen molar-refractivity contribution in [1.29, 1.82) is 0 Å². The summed E-state index contributed by atoms with van der Waals surface area (Å²) in [5.41, 5.74) is 9.38. The fraction of sp³-hybridized carbons (Fsp3) is 0.423. The van der Waals surface area contributed by atoms with Crippen LogP contribution in [0.2, 0.25) is 0 Å². The van der Waals surface area contributed by atoms with Crippen LogP contribution in [0.5, 0.6) is 0 Å². The minimum absolute atomic E-state index is 0.200. The number of carbonyl (C=O) groups is 3. The number of hydrogen-bond acceptors (Lipinski definition) is 6. The number of rotatable bonds is 9. The molecule has 2 aliphatic rings. The van der Waals surface area contributed by atoms with E-state index in [1.165, 1.54) is 11.3 Å². The van der Waals surface area contributed by atoms with Crippen molar-refractivity contribution in [3.8, 4) is 0 Å². The molecule has 2 heterocycles. The van der Waals surface area contributed by atoms with Crippen LogP contribution in [0.15, 0.2) is 46.9 Å². The number of nitrogens with zero attached hydrogens (tertiary/aromatic N) is 2. The van der Waals surface area contributed by atoms with Gasteiger partial charge in [0, 0.05) is 60.4 Å². The third-order valence-corrected chi connectivity index (χ3v) is 7.49. The van der Waals surface area contributed by atoms with Crippen LogP contribution in [0.25, 0.3) is 0 Å². The van der Waals surface area contributed by atoms with E-state index >= 15 is 0 Å². The minimum Gasteiger partial charge on any atom is -0.369 e. The highest BCUT2D eigenvalue weighted by atomic mass is 79.9. The Morgan fingerprint density at radius 3 is 2.51 bits per heavy atom. The molecule has 2 fully saturated rings. The molecular formula is C26H32BrN5O3. The van der Waals surface area contributed by atoms with Gasteiger partial charge in [0.05, 0.1) is 6.04 Å². The summed E-state index contributed by atoms with van der Waals surface area (Å²) in [6.45, 7) is 5.45. The number of amides is 3. The number of halogens is 1. The van der Waals surface area contributed by atoms with Crippen molar-refractivity contribution in [3.05, 3.63) is 63.6 Å². The van der Waals surface area contributed by atoms with E-state index in [0.29, 0.717) is 24.9 Å². The molecule has 2 aromatic carbocycles. The van der Waals surface area contributed by atoms with Gasteiger partial charge in [0.1, 0.15) is 0 Å². The average molecular weight is 542 g/mol. The van der Waals surface area contributed by atoms with Gasteiger partial charge in [-0.1, -0.05) is 34.1 Å². The molecule has 0 aromatic heterocycles. The van der Waals surface area contributed by atoms with E-state index in [2.05, 4.69) is 42.4 Å². The quantitative estimate of drug-likeness (QED) is 0.420. The van der Waals surface area contributed by atoms with Crippen LogP contribution in [0, 0.1) is 0 Å². The van der Waals surface area contributed by atoms with Crippen molar-refractivity contribution < 1.29 is 14.4 Å². The zero-order valence-corrected chi connectivity index (χ0v) is 21.4. The Kier molecular flexibility index (Phi) is 8.54. The van der Waals surface area contributed by atoms with E-state index in [-0.39, 0.29) is 17.9 Å². The zero-order valence-electron chi connectivity index (χ0n) is 19.8. The average Bonchev–Trinajstić information content (AvgIpc) is 2.85. The highest BCUT2D eigenvalue weighted by Gasteiger charge is 2.27. The van der Waals surface area contributed by atoms with Crippen molar-refractivity contribution >= 4 is 39.3 Å². The molecule has 0 radical (unpaired) electrons. The van der Waals surface area contributed by atoms with Crippen LogP contribution < -0.4 is 21.3 Å². The Morgan fingerprint density at radius 2 is 1.83 bits per heavy atom. The molecule has 2 aliphatic heterocycles. The summed E-state index contributed by atoms with van der Waals surface area (Å²) >= 11 is 3.69. The van der Waals surface area contributed by atoms with Gasteiger partial charge in [-0.2, -0.15) is 0 Å². The van der Waals surface area contributed by atoms with E-state index in [0.717, 1.165) is 55.6 Å². The summed E-state index contributed by atoms with van der Waals surface area (Å²) in [5.74, 6) is -0.837. The van der Waals surface area contributed by atoms with Gasteiger partial charge in [-0.15, -0.1) is 0 Å². The number of nitrogens with one attached hydrogen (secondary N) is 2. The highest BCUT2D eigenvalue weighted by molar-refractivity contribution is 9.10. The standard InChI is InChI=1S/C26H32BrN5O3/c27-21-4-1-5-23(20(21)17-29-22-10-11-24(33)30-26(22)35)32-15-13-31(14-16-32)12-2-3-18-6-8-19(9-7-18)25(28)34/h1,4-9,22,29H,2-3,10-17H2,(H2,28,34)(H,30,33,35). The first-order valence-electron chi connectivity index (χ1n) is 12.1. The van der Waals surface area contributed by atoms with Crippen LogP contribution in [-0.2, 0) is 22.6 Å². The third kappa shape index (κ3) is 6.68. The maximum atomic E-state index is 12.1. The molecule has 0 saturated carbocycles. The Balaban J connectivity index is 1.27. The molecule has 1 unspecified atom stereocenters. The number of imide groups is 1. The maximum Gasteiger partial charge on any atom is 0.248 e. The van der Waals surface area contributed by atoms with Crippen molar-refractivity contribution in [1.82, 2.24) is 15.5 Å². The first kappa shape index (κ1) is 25.3. The first-order valence-corrected chi connectivity index (χ1v) is 12.9. The number of piperazine rings is 1. The lowest BCUT2D eigenvalue weighted by atomic mass is 10.0. The second-order valence-corrected chi connectivity index (χ2v) is 9.97. The van der Waals surface area contributed by atoms with E-state index in [1.807, 2.05) is 24.3 Å². The lowest BCUT2D eigenvalue weighted by Crippen LogP contribution is -2.50. The summed E-state index contributed by atoms with van der Waals surface area (Å²) in [5, 5.41) is 5.74. The molecule has 186 valence electrons. The number of hydrogen-bond donors (Lipinski definition) is 3. The van der Waals surface area contributed by atoms with Crippen molar-refractivity contribution in [3.63, 3.8) is 0 Å². The molecule has 35 heavy (non-hydrogen) atoms. The van der Waals surface area contributed by atoms with E-state index in [1.54, 1.807) is 12.1 Å². The van der Waals surface area contributed by atoms with Crippen molar-refractivity contribution in [2.75, 3.05) is 37.6 Å². The molecule has 0 bridgehead atoms. The largest absolute Gasteiger partial charge is 0.369 e. The second-order valence-electron chi connectivity index (χ2n) is 9.12. The Hall–Kier alpha value is -2.75. The number of anilines is 1. The van der Waals surface area contributed by atoms with E-state index < -0.39 is 5.91 Å². The van der Waals surface area contributed by atoms with Crippen LogP contribution in [-0.4, -0.2) is 61.4 Å². The second kappa shape index (κ2) is 11.8. The fourth-order valence-corrected chi connectivity index (χ4v) is 5.18. The summed E-state index contributed by atoms with van der Waals surface area (Å²) in [6.07, 6.45) is 2.93. The zero-order chi connectivity index (χ0) is 24.8. The van der Waals surface area contributed by atoms with Gasteiger partial charge in [0.2, 0.25) is 17.7 Å². The number of piperidine rings is 1. The minimum atomic E-state index is -0.394. The lowest BCUT2D eigenvalue weighted by molar-refractivity contribution is -0.134. The molecular weight excluding hydrogens is 510 g/mol. The van der Waals surface area contributed by atoms with Gasteiger partial charge < -0.3 is 16.0 Å². The summed E-state index contributed by atoms with van der Waals surface area (Å²) < 4.78 is 1.01. The predicted molar refractivity (Wildman–Crippen MR) is 139 cm³/mol. The summed E-state index contributed by atoms with van der Waals surface area (Å²) in [7, 11) is 0. The predicted octanol–water partition coefficient (Wildman–Crippen LogP) is 2.20. The van der Waals surface area contributed by atoms with Gasteiger partial charge in [0.25, 0.3) is 0 Å². The topological polar surface area (TPSA) is 108 Å². The molecule has 3 amide bonds. The number of benzene rings is 2. The Bertz CT molecular complexity index is 1070. The molecule has 9 heteroatoms. The van der Waals surface area contributed by atoms with Gasteiger partial charge in [-0.25, -0.2) is 0 Å². The van der Waals surface area contributed by atoms with Crippen LogP contribution >= 0.6 is 15.9 Å². The van der Waals surface area contributed by atoms with E-state index in [4.69, 9.17) is 5.73 Å². The number of primary amides is 1. The summed E-state index contributed by atoms with van der Waals surface area (Å²) in [6, 6.07) is 13.4. The lowest BCUT2D eigenvalue weighted by Gasteiger charge is -2.37. The molecule has 0 aliphatic carbocycles. The van der Waals surface area contributed by atoms with Gasteiger partial charge in [-0.3, -0.25) is 24.6 Å². The normalized spacial score (nSPS) is 19.0. The summed E-state index contributed by atoms with van der Waals surface area (Å²) in [4.78, 5) is 39.6. The molecule has 4 N–H and O–H groups in total. The molecule has 1 atom stereocenters. The van der Waals surface area contributed by atoms with Gasteiger partial charge >= 0.3 is 0 Å². The Morgan fingerprint density at radius 1 is 1.09 bits per heavy atom. The number of aryl methyl sites for hydroxylation is 1. The Labute approximate surface area is 214 Å². The first-order chi connectivity index (χ1) is 16.9. The van der Waals surface area contributed by atoms with Crippen molar-refractivity contribution in [2.45, 2.75) is 38.3 Å². The molecule has 8 nitrogen and oxygen atoms in total. The SMILES string of the molecule is NC(=O)c1ccc(CCCN2CCN(c3cccc(Br)c3CNC3CCC(=O)NC3=O)CC2)cc1. The fourth-order valence-electron chi connectivity index (χ4n) is 4.69. The third-order valence-electron chi connectivity index (χ3n) is 6.75. The van der Waals surface area contributed by atoms with Crippen LogP contribution in [0.1, 0.15) is 40.7 Å². The molecule has 2 saturated heterocycles. The maximum absolute atomic E-state index is 12.1. The van der Waals surface area contributed by atoms with Crippen LogP contribution in [0.3, 0.4) is 0 Å². The van der Waals surface area contributed by atoms with Gasteiger partial charge in [-0.05, 0) is 55.6 Å². The van der Waals surface area contributed by atoms with Crippen LogP contribution in [0.4, 0.5) is 5.69 Å². The molecule has 0 spiro atoms. The monoisotopic (exact) mass is 541 g/mol. The number of carbonyl (C=O) groups excluding carboxylic acids is 3. The molecule has 2 aromatic rings. The molecule has 4 rings (SSSR count). The highest BCUT2D eigenvalue weighted by Crippen LogP contribution is 2.29. The van der Waals surface area contributed by atoms with Gasteiger partial charge in [0.15, 0.2) is 0 Å².